The van der Waals surface area contributed by atoms with E-state index in [1.165, 1.54) is 0 Å². The van der Waals surface area contributed by atoms with Crippen molar-refractivity contribution in [3.05, 3.63) is 76.8 Å². The Labute approximate surface area is 188 Å². The van der Waals surface area contributed by atoms with Crippen LogP contribution in [0.3, 0.4) is 0 Å². The number of aromatic nitrogens is 3. The summed E-state index contributed by atoms with van der Waals surface area (Å²) in [6.45, 7) is 5.00. The van der Waals surface area contributed by atoms with Crippen LogP contribution in [0.1, 0.15) is 47.8 Å². The fraction of sp³-hybridized carbons (Fsp3) is 0.360. The lowest BCUT2D eigenvalue weighted by molar-refractivity contribution is 0.0499. The summed E-state index contributed by atoms with van der Waals surface area (Å²) in [5.41, 5.74) is 3.45. The second-order valence-corrected chi connectivity index (χ2v) is 8.70. The summed E-state index contributed by atoms with van der Waals surface area (Å²) in [5, 5.41) is 0.641. The zero-order valence-electron chi connectivity index (χ0n) is 18.0. The number of nitrogens with zero attached hydrogens (tertiary/aromatic N) is 4. The number of rotatable bonds is 5. The molecule has 0 N–H and O–H groups in total. The van der Waals surface area contributed by atoms with E-state index in [9.17, 15) is 4.79 Å². The maximum Gasteiger partial charge on any atom is 0.255 e. The Morgan fingerprint density at radius 1 is 1.13 bits per heavy atom. The molecule has 0 spiro atoms. The van der Waals surface area contributed by atoms with E-state index in [0.717, 1.165) is 49.0 Å². The summed E-state index contributed by atoms with van der Waals surface area (Å²) in [7, 11) is 0. The maximum absolute atomic E-state index is 13.9. The molecular weight excluding hydrogens is 408 g/mol. The molecule has 1 amide bonds. The number of amides is 1. The van der Waals surface area contributed by atoms with E-state index in [1.54, 1.807) is 24.7 Å². The number of benzene rings is 1. The summed E-state index contributed by atoms with van der Waals surface area (Å²) in [4.78, 5) is 29.2. The highest BCUT2D eigenvalue weighted by Crippen LogP contribution is 2.31. The molecule has 6 heteroatoms. The molecule has 3 aromatic rings. The third-order valence-corrected chi connectivity index (χ3v) is 6.38. The quantitative estimate of drug-likeness (QED) is 0.541. The minimum Gasteiger partial charge on any atom is -0.335 e. The van der Waals surface area contributed by atoms with Crippen LogP contribution < -0.4 is 0 Å². The van der Waals surface area contributed by atoms with E-state index in [-0.39, 0.29) is 11.9 Å². The first-order valence-corrected chi connectivity index (χ1v) is 11.2. The van der Waals surface area contributed by atoms with Crippen LogP contribution in [0.4, 0.5) is 0 Å². The van der Waals surface area contributed by atoms with Gasteiger partial charge in [-0.1, -0.05) is 36.7 Å². The minimum absolute atomic E-state index is 0.0705. The molecule has 2 atom stereocenters. The Bertz CT molecular complexity index is 1040. The summed E-state index contributed by atoms with van der Waals surface area (Å²) >= 11 is 5.97. The van der Waals surface area contributed by atoms with Crippen molar-refractivity contribution in [3.8, 4) is 11.4 Å². The number of carbonyl (C=O) groups excluding carboxylic acids is 1. The largest absolute Gasteiger partial charge is 0.335 e. The number of carbonyl (C=O) groups is 1. The normalized spacial score (nSPS) is 18.7. The van der Waals surface area contributed by atoms with Crippen molar-refractivity contribution < 1.29 is 4.79 Å². The first-order chi connectivity index (χ1) is 15.0. The molecule has 0 aliphatic carbocycles. The molecule has 0 unspecified atom stereocenters. The standard InChI is InChI=1S/C25H27ClN4O/c1-17-7-4-15-30(22(17)12-11-20-10-9-19(26)16-29-20)25(31)23-18(2)6-3-8-21(23)24-27-13-5-14-28-24/h3,5-6,8-10,13-14,16-17,22H,4,7,11-12,15H2,1-2H3/t17-,22-/m1/s1. The van der Waals surface area contributed by atoms with Crippen molar-refractivity contribution in [1.29, 1.82) is 0 Å². The van der Waals surface area contributed by atoms with E-state index >= 15 is 0 Å². The van der Waals surface area contributed by atoms with Gasteiger partial charge >= 0.3 is 0 Å². The molecule has 5 nitrogen and oxygen atoms in total. The van der Waals surface area contributed by atoms with E-state index in [0.29, 0.717) is 22.3 Å². The molecule has 0 bridgehead atoms. The third kappa shape index (κ3) is 4.77. The zero-order valence-corrected chi connectivity index (χ0v) is 18.7. The Balaban J connectivity index is 1.62. The van der Waals surface area contributed by atoms with Crippen LogP contribution in [0, 0.1) is 12.8 Å². The number of pyridine rings is 1. The average molecular weight is 435 g/mol. The lowest BCUT2D eigenvalue weighted by atomic mass is 9.86. The first-order valence-electron chi connectivity index (χ1n) is 10.8. The molecule has 2 aromatic heterocycles. The van der Waals surface area contributed by atoms with E-state index < -0.39 is 0 Å². The molecule has 0 radical (unpaired) electrons. The fourth-order valence-electron chi connectivity index (χ4n) is 4.51. The second kappa shape index (κ2) is 9.56. The van der Waals surface area contributed by atoms with E-state index in [2.05, 4.69) is 26.8 Å². The monoisotopic (exact) mass is 434 g/mol. The SMILES string of the molecule is Cc1cccc(-c2ncccn2)c1C(=O)N1CCC[C@@H](C)[C@H]1CCc1ccc(Cl)cn1. The van der Waals surface area contributed by atoms with Crippen LogP contribution in [-0.4, -0.2) is 38.3 Å². The molecular formula is C25H27ClN4O. The topological polar surface area (TPSA) is 59.0 Å². The van der Waals surface area contributed by atoms with Gasteiger partial charge in [0, 0.05) is 42.4 Å². The fourth-order valence-corrected chi connectivity index (χ4v) is 4.62. The number of halogens is 1. The molecule has 3 heterocycles. The van der Waals surface area contributed by atoms with Gasteiger partial charge in [-0.05, 0) is 62.3 Å². The Morgan fingerprint density at radius 2 is 1.94 bits per heavy atom. The summed E-state index contributed by atoms with van der Waals surface area (Å²) in [5.74, 6) is 1.09. The molecule has 0 saturated carbocycles. The number of likely N-dealkylation sites (tertiary alicyclic amines) is 1. The van der Waals surface area contributed by atoms with Crippen molar-refractivity contribution in [1.82, 2.24) is 19.9 Å². The van der Waals surface area contributed by atoms with Crippen LogP contribution in [0.15, 0.2) is 55.0 Å². The maximum atomic E-state index is 13.9. The van der Waals surface area contributed by atoms with Gasteiger partial charge < -0.3 is 4.90 Å². The number of hydrogen-bond donors (Lipinski definition) is 0. The zero-order chi connectivity index (χ0) is 21.8. The molecule has 1 aromatic carbocycles. The van der Waals surface area contributed by atoms with Gasteiger partial charge in [-0.25, -0.2) is 9.97 Å². The van der Waals surface area contributed by atoms with Gasteiger partial charge in [0.1, 0.15) is 0 Å². The van der Waals surface area contributed by atoms with Crippen LogP contribution in [0.25, 0.3) is 11.4 Å². The summed E-state index contributed by atoms with van der Waals surface area (Å²) in [6.07, 6.45) is 8.96. The van der Waals surface area contributed by atoms with Crippen LogP contribution in [0.5, 0.6) is 0 Å². The van der Waals surface area contributed by atoms with Gasteiger partial charge in [-0.15, -0.1) is 0 Å². The highest BCUT2D eigenvalue weighted by molar-refractivity contribution is 6.30. The van der Waals surface area contributed by atoms with Crippen molar-refractivity contribution in [2.24, 2.45) is 5.92 Å². The highest BCUT2D eigenvalue weighted by Gasteiger charge is 2.33. The first kappa shape index (κ1) is 21.4. The van der Waals surface area contributed by atoms with Gasteiger partial charge in [0.25, 0.3) is 5.91 Å². The predicted molar refractivity (Wildman–Crippen MR) is 123 cm³/mol. The number of aryl methyl sites for hydroxylation is 2. The van der Waals surface area contributed by atoms with Crippen LogP contribution in [0.2, 0.25) is 5.02 Å². The molecule has 1 aliphatic heterocycles. The highest BCUT2D eigenvalue weighted by atomic mass is 35.5. The molecule has 160 valence electrons. The van der Waals surface area contributed by atoms with Crippen LogP contribution in [-0.2, 0) is 6.42 Å². The smallest absolute Gasteiger partial charge is 0.255 e. The van der Waals surface area contributed by atoms with Gasteiger partial charge in [0.15, 0.2) is 5.82 Å². The van der Waals surface area contributed by atoms with Crippen molar-refractivity contribution >= 4 is 17.5 Å². The number of hydrogen-bond acceptors (Lipinski definition) is 4. The second-order valence-electron chi connectivity index (χ2n) is 8.26. The molecule has 4 rings (SSSR count). The van der Waals surface area contributed by atoms with Gasteiger partial charge in [-0.2, -0.15) is 0 Å². The van der Waals surface area contributed by atoms with Crippen molar-refractivity contribution in [2.75, 3.05) is 6.54 Å². The summed E-state index contributed by atoms with van der Waals surface area (Å²) in [6, 6.07) is 11.7. The predicted octanol–water partition coefficient (Wildman–Crippen LogP) is 5.37. The molecule has 1 saturated heterocycles. The lowest BCUT2D eigenvalue weighted by Crippen LogP contribution is -2.48. The van der Waals surface area contributed by atoms with Gasteiger partial charge in [-0.3, -0.25) is 9.78 Å². The Morgan fingerprint density at radius 3 is 2.68 bits per heavy atom. The van der Waals surface area contributed by atoms with E-state index in [4.69, 9.17) is 11.6 Å². The Kier molecular flexibility index (Phi) is 6.62. The van der Waals surface area contributed by atoms with Crippen LogP contribution >= 0.6 is 11.6 Å². The lowest BCUT2D eigenvalue weighted by Gasteiger charge is -2.40. The summed E-state index contributed by atoms with van der Waals surface area (Å²) < 4.78 is 0. The molecule has 1 aliphatic rings. The van der Waals surface area contributed by atoms with E-state index in [1.807, 2.05) is 37.3 Å². The third-order valence-electron chi connectivity index (χ3n) is 6.15. The number of piperidine rings is 1. The molecule has 1 fully saturated rings. The van der Waals surface area contributed by atoms with Gasteiger partial charge in [0.2, 0.25) is 0 Å². The minimum atomic E-state index is 0.0705. The van der Waals surface area contributed by atoms with Crippen molar-refractivity contribution in [2.45, 2.75) is 45.6 Å². The Hall–Kier alpha value is -2.79. The average Bonchev–Trinajstić information content (AvgIpc) is 2.79. The molecule has 31 heavy (non-hydrogen) atoms. The van der Waals surface area contributed by atoms with Gasteiger partial charge in [0.05, 0.1) is 10.6 Å². The van der Waals surface area contributed by atoms with Crippen molar-refractivity contribution in [3.63, 3.8) is 0 Å².